The highest BCUT2D eigenvalue weighted by Crippen LogP contribution is 2.28. The van der Waals surface area contributed by atoms with E-state index in [1.54, 1.807) is 12.5 Å². The molecular weight excluding hydrogens is 222 g/mol. The van der Waals surface area contributed by atoms with Gasteiger partial charge in [-0.2, -0.15) is 0 Å². The van der Waals surface area contributed by atoms with Crippen molar-refractivity contribution in [1.29, 1.82) is 0 Å². The van der Waals surface area contributed by atoms with Gasteiger partial charge in [0.05, 0.1) is 18.6 Å². The van der Waals surface area contributed by atoms with Gasteiger partial charge in [-0.1, -0.05) is 45.0 Å². The Morgan fingerprint density at radius 1 is 1.11 bits per heavy atom. The largest absolute Gasteiger partial charge is 0.472 e. The monoisotopic (exact) mass is 243 g/mol. The predicted molar refractivity (Wildman–Crippen MR) is 74.5 cm³/mol. The van der Waals surface area contributed by atoms with E-state index in [0.29, 0.717) is 0 Å². The van der Waals surface area contributed by atoms with E-state index in [1.807, 2.05) is 6.07 Å². The average Bonchev–Trinajstić information content (AvgIpc) is 2.92. The van der Waals surface area contributed by atoms with Gasteiger partial charge < -0.3 is 10.2 Å². The van der Waals surface area contributed by atoms with E-state index >= 15 is 0 Å². The smallest absolute Gasteiger partial charge is 0.0953 e. The van der Waals surface area contributed by atoms with E-state index in [-0.39, 0.29) is 11.5 Å². The van der Waals surface area contributed by atoms with Crippen molar-refractivity contribution in [3.05, 3.63) is 59.5 Å². The lowest BCUT2D eigenvalue weighted by molar-refractivity contribution is 0.506. The third-order valence-corrected chi connectivity index (χ3v) is 3.84. The summed E-state index contributed by atoms with van der Waals surface area (Å²) in [5, 5.41) is 0. The van der Waals surface area contributed by atoms with Gasteiger partial charge in [-0.05, 0) is 29.0 Å². The van der Waals surface area contributed by atoms with Gasteiger partial charge in [0.25, 0.3) is 0 Å². The topological polar surface area (TPSA) is 39.2 Å². The van der Waals surface area contributed by atoms with Crippen LogP contribution in [0.1, 0.15) is 49.9 Å². The van der Waals surface area contributed by atoms with Crippen LogP contribution in [0.4, 0.5) is 0 Å². The molecule has 1 aromatic carbocycles. The molecule has 0 fully saturated rings. The van der Waals surface area contributed by atoms with Crippen LogP contribution in [0.3, 0.4) is 0 Å². The van der Waals surface area contributed by atoms with Crippen LogP contribution in [-0.2, 0) is 5.41 Å². The van der Waals surface area contributed by atoms with E-state index in [9.17, 15) is 0 Å². The number of furan rings is 1. The van der Waals surface area contributed by atoms with E-state index in [2.05, 4.69) is 45.0 Å². The Bertz CT molecular complexity index is 482. The summed E-state index contributed by atoms with van der Waals surface area (Å²) in [4.78, 5) is 0. The van der Waals surface area contributed by atoms with Crippen LogP contribution < -0.4 is 5.73 Å². The van der Waals surface area contributed by atoms with E-state index in [0.717, 1.165) is 17.5 Å². The summed E-state index contributed by atoms with van der Waals surface area (Å²) >= 11 is 0. The Morgan fingerprint density at radius 2 is 1.78 bits per heavy atom. The lowest BCUT2D eigenvalue weighted by Gasteiger charge is -2.24. The summed E-state index contributed by atoms with van der Waals surface area (Å²) in [7, 11) is 0. The summed E-state index contributed by atoms with van der Waals surface area (Å²) in [6.45, 7) is 6.74. The van der Waals surface area contributed by atoms with Crippen molar-refractivity contribution >= 4 is 0 Å². The fourth-order valence-electron chi connectivity index (χ4n) is 1.99. The molecule has 0 spiro atoms. The Kier molecular flexibility index (Phi) is 3.58. The zero-order valence-electron chi connectivity index (χ0n) is 11.3. The molecule has 1 unspecified atom stereocenters. The second-order valence-electron chi connectivity index (χ2n) is 5.39. The standard InChI is InChI=1S/C16H21NO/c1-4-16(2,3)14-7-5-12(6-8-14)15(17)13-9-10-18-11-13/h5-11,15H,4,17H2,1-3H3. The summed E-state index contributed by atoms with van der Waals surface area (Å²) in [5.41, 5.74) is 9.90. The molecule has 96 valence electrons. The first-order valence-corrected chi connectivity index (χ1v) is 6.42. The molecule has 18 heavy (non-hydrogen) atoms. The first kappa shape index (κ1) is 12.9. The minimum absolute atomic E-state index is 0.109. The van der Waals surface area contributed by atoms with Crippen molar-refractivity contribution in [2.24, 2.45) is 5.73 Å². The molecule has 1 aromatic heterocycles. The maximum atomic E-state index is 6.19. The highest BCUT2D eigenvalue weighted by molar-refractivity contribution is 5.33. The number of nitrogens with two attached hydrogens (primary N) is 1. The molecule has 0 radical (unpaired) electrons. The normalized spacial score (nSPS) is 13.6. The van der Waals surface area contributed by atoms with Gasteiger partial charge in [0.1, 0.15) is 0 Å². The fraction of sp³-hybridized carbons (Fsp3) is 0.375. The Hall–Kier alpha value is -1.54. The molecule has 0 saturated carbocycles. The Balaban J connectivity index is 2.23. The molecule has 1 heterocycles. The molecule has 0 aliphatic carbocycles. The van der Waals surface area contributed by atoms with Crippen LogP contribution >= 0.6 is 0 Å². The average molecular weight is 243 g/mol. The molecule has 0 aliphatic rings. The van der Waals surface area contributed by atoms with Gasteiger partial charge >= 0.3 is 0 Å². The molecule has 2 aromatic rings. The fourth-order valence-corrected chi connectivity index (χ4v) is 1.99. The van der Waals surface area contributed by atoms with Crippen LogP contribution in [-0.4, -0.2) is 0 Å². The first-order valence-electron chi connectivity index (χ1n) is 6.42. The summed E-state index contributed by atoms with van der Waals surface area (Å²) in [6, 6.07) is 10.4. The van der Waals surface area contributed by atoms with Crippen molar-refractivity contribution < 1.29 is 4.42 Å². The van der Waals surface area contributed by atoms with E-state index in [1.165, 1.54) is 5.56 Å². The minimum atomic E-state index is -0.109. The van der Waals surface area contributed by atoms with Crippen molar-refractivity contribution in [3.8, 4) is 0 Å². The van der Waals surface area contributed by atoms with Crippen LogP contribution in [0.15, 0.2) is 47.3 Å². The summed E-state index contributed by atoms with van der Waals surface area (Å²) < 4.78 is 5.07. The van der Waals surface area contributed by atoms with Gasteiger partial charge in [0, 0.05) is 5.56 Å². The Morgan fingerprint density at radius 3 is 2.28 bits per heavy atom. The third-order valence-electron chi connectivity index (χ3n) is 3.84. The van der Waals surface area contributed by atoms with Crippen LogP contribution in [0.25, 0.3) is 0 Å². The van der Waals surface area contributed by atoms with Gasteiger partial charge in [-0.15, -0.1) is 0 Å². The van der Waals surface area contributed by atoms with E-state index in [4.69, 9.17) is 10.2 Å². The van der Waals surface area contributed by atoms with Crippen molar-refractivity contribution in [2.75, 3.05) is 0 Å². The predicted octanol–water partition coefficient (Wildman–Crippen LogP) is 4.02. The number of hydrogen-bond acceptors (Lipinski definition) is 2. The molecule has 0 bridgehead atoms. The van der Waals surface area contributed by atoms with Crippen LogP contribution in [0.2, 0.25) is 0 Å². The van der Waals surface area contributed by atoms with Crippen molar-refractivity contribution in [3.63, 3.8) is 0 Å². The highest BCUT2D eigenvalue weighted by Gasteiger charge is 2.18. The summed E-state index contributed by atoms with van der Waals surface area (Å²) in [5.74, 6) is 0. The molecule has 2 nitrogen and oxygen atoms in total. The van der Waals surface area contributed by atoms with Gasteiger partial charge in [-0.25, -0.2) is 0 Å². The lowest BCUT2D eigenvalue weighted by Crippen LogP contribution is -2.16. The van der Waals surface area contributed by atoms with Gasteiger partial charge in [0.2, 0.25) is 0 Å². The number of benzene rings is 1. The lowest BCUT2D eigenvalue weighted by atomic mass is 9.81. The second kappa shape index (κ2) is 4.99. The molecule has 0 aliphatic heterocycles. The molecule has 0 amide bonds. The molecule has 1 atom stereocenters. The number of rotatable bonds is 4. The summed E-state index contributed by atoms with van der Waals surface area (Å²) in [6.07, 6.45) is 4.48. The molecule has 2 rings (SSSR count). The zero-order chi connectivity index (χ0) is 13.2. The first-order chi connectivity index (χ1) is 8.54. The van der Waals surface area contributed by atoms with Gasteiger partial charge in [0.15, 0.2) is 0 Å². The molecule has 2 N–H and O–H groups in total. The van der Waals surface area contributed by atoms with Crippen LogP contribution in [0.5, 0.6) is 0 Å². The van der Waals surface area contributed by atoms with Crippen LogP contribution in [0, 0.1) is 0 Å². The maximum absolute atomic E-state index is 6.19. The third kappa shape index (κ3) is 2.49. The minimum Gasteiger partial charge on any atom is -0.472 e. The zero-order valence-corrected chi connectivity index (χ0v) is 11.3. The van der Waals surface area contributed by atoms with Crippen molar-refractivity contribution in [1.82, 2.24) is 0 Å². The molecular formula is C16H21NO. The maximum Gasteiger partial charge on any atom is 0.0953 e. The molecule has 0 saturated heterocycles. The highest BCUT2D eigenvalue weighted by atomic mass is 16.3. The number of hydrogen-bond donors (Lipinski definition) is 1. The van der Waals surface area contributed by atoms with E-state index < -0.39 is 0 Å². The van der Waals surface area contributed by atoms with Crippen molar-refractivity contribution in [2.45, 2.75) is 38.6 Å². The second-order valence-corrected chi connectivity index (χ2v) is 5.39. The molecule has 2 heteroatoms. The quantitative estimate of drug-likeness (QED) is 0.881. The SMILES string of the molecule is CCC(C)(C)c1ccc(C(N)c2ccoc2)cc1. The van der Waals surface area contributed by atoms with Gasteiger partial charge in [-0.3, -0.25) is 0 Å². The Labute approximate surface area is 109 Å².